The topological polar surface area (TPSA) is 91.0 Å². The highest BCUT2D eigenvalue weighted by Gasteiger charge is 2.32. The molecule has 8 nitrogen and oxygen atoms in total. The van der Waals surface area contributed by atoms with E-state index in [2.05, 4.69) is 15.4 Å². The van der Waals surface area contributed by atoms with Crippen LogP contribution in [0.15, 0.2) is 96.2 Å². The molecule has 0 saturated heterocycles. The third-order valence-electron chi connectivity index (χ3n) is 6.38. The summed E-state index contributed by atoms with van der Waals surface area (Å²) in [5.41, 5.74) is 3.04. The highest BCUT2D eigenvalue weighted by molar-refractivity contribution is 5.89. The zero-order valence-corrected chi connectivity index (χ0v) is 19.4. The quantitative estimate of drug-likeness (QED) is 0.403. The number of carbonyl (C=O) groups excluding carboxylic acids is 1. The van der Waals surface area contributed by atoms with Gasteiger partial charge in [0.05, 0.1) is 25.2 Å². The number of ether oxygens (including phenoxy) is 1. The minimum absolute atomic E-state index is 0.118. The van der Waals surface area contributed by atoms with E-state index in [-0.39, 0.29) is 11.5 Å². The molecule has 0 saturated carbocycles. The Hall–Kier alpha value is -4.72. The summed E-state index contributed by atoms with van der Waals surface area (Å²) in [6.07, 6.45) is 3.09. The molecule has 6 rings (SSSR count). The Morgan fingerprint density at radius 1 is 0.917 bits per heavy atom. The van der Waals surface area contributed by atoms with Gasteiger partial charge in [0.2, 0.25) is 5.91 Å². The molecule has 0 spiro atoms. The van der Waals surface area contributed by atoms with Crippen LogP contribution < -0.4 is 15.6 Å². The molecule has 36 heavy (non-hydrogen) atoms. The largest absolute Gasteiger partial charge is 0.457 e. The van der Waals surface area contributed by atoms with Gasteiger partial charge in [0, 0.05) is 17.7 Å². The van der Waals surface area contributed by atoms with Crippen LogP contribution >= 0.6 is 0 Å². The first-order chi connectivity index (χ1) is 17.7. The molecule has 1 N–H and O–H groups in total. The van der Waals surface area contributed by atoms with Crippen LogP contribution in [0.3, 0.4) is 0 Å². The Balaban J connectivity index is 1.18. The van der Waals surface area contributed by atoms with Crippen molar-refractivity contribution in [3.63, 3.8) is 0 Å². The van der Waals surface area contributed by atoms with Crippen LogP contribution in [0, 0.1) is 0 Å². The minimum Gasteiger partial charge on any atom is -0.457 e. The van der Waals surface area contributed by atoms with Crippen LogP contribution in [-0.4, -0.2) is 31.8 Å². The Bertz CT molecular complexity index is 1580. The van der Waals surface area contributed by atoms with E-state index in [1.165, 1.54) is 0 Å². The van der Waals surface area contributed by atoms with Crippen LogP contribution in [0.25, 0.3) is 11.0 Å². The zero-order valence-electron chi connectivity index (χ0n) is 19.4. The Morgan fingerprint density at radius 3 is 2.31 bits per heavy atom. The summed E-state index contributed by atoms with van der Waals surface area (Å²) in [6, 6.07) is 24.9. The molecule has 0 bridgehead atoms. The molecule has 178 valence electrons. The second kappa shape index (κ2) is 9.14. The third kappa shape index (κ3) is 3.92. The molecular weight excluding hydrogens is 454 g/mol. The Kier molecular flexibility index (Phi) is 5.53. The number of carbonyl (C=O) groups is 1. The molecule has 8 heteroatoms. The van der Waals surface area contributed by atoms with Crippen molar-refractivity contribution in [1.82, 2.24) is 24.6 Å². The predicted octanol–water partition coefficient (Wildman–Crippen LogP) is 3.70. The monoisotopic (exact) mass is 477 g/mol. The molecule has 0 radical (unpaired) electrons. The van der Waals surface area contributed by atoms with Gasteiger partial charge in [-0.1, -0.05) is 66.7 Å². The Labute approximate surface area is 206 Å². The Morgan fingerprint density at radius 2 is 1.58 bits per heavy atom. The summed E-state index contributed by atoms with van der Waals surface area (Å²) in [7, 11) is 0. The molecule has 0 unspecified atom stereocenters. The number of fused-ring (bicyclic) bond motifs is 3. The fourth-order valence-electron chi connectivity index (χ4n) is 4.63. The molecule has 1 amide bonds. The van der Waals surface area contributed by atoms with Crippen molar-refractivity contribution in [3.8, 4) is 11.5 Å². The van der Waals surface area contributed by atoms with E-state index in [0.717, 1.165) is 16.7 Å². The summed E-state index contributed by atoms with van der Waals surface area (Å²) < 4.78 is 9.22. The van der Waals surface area contributed by atoms with Gasteiger partial charge in [0.15, 0.2) is 5.65 Å². The van der Waals surface area contributed by atoms with Gasteiger partial charge in [-0.15, -0.1) is 0 Å². The van der Waals surface area contributed by atoms with Crippen molar-refractivity contribution >= 4 is 16.9 Å². The number of para-hydroxylation sites is 2. The lowest BCUT2D eigenvalue weighted by Gasteiger charge is -2.27. The first kappa shape index (κ1) is 21.8. The number of rotatable bonds is 6. The minimum atomic E-state index is -0.469. The molecule has 0 aliphatic carbocycles. The van der Waals surface area contributed by atoms with Gasteiger partial charge < -0.3 is 10.1 Å². The van der Waals surface area contributed by atoms with Crippen LogP contribution in [0.1, 0.15) is 22.6 Å². The van der Waals surface area contributed by atoms with Gasteiger partial charge in [-0.25, -0.2) is 9.67 Å². The lowest BCUT2D eigenvalue weighted by molar-refractivity contribution is -0.121. The van der Waals surface area contributed by atoms with E-state index >= 15 is 0 Å². The van der Waals surface area contributed by atoms with Gasteiger partial charge in [0.1, 0.15) is 23.2 Å². The summed E-state index contributed by atoms with van der Waals surface area (Å²) in [5, 5.41) is 7.84. The van der Waals surface area contributed by atoms with E-state index < -0.39 is 5.92 Å². The fourth-order valence-corrected chi connectivity index (χ4v) is 4.63. The second-order valence-corrected chi connectivity index (χ2v) is 8.67. The van der Waals surface area contributed by atoms with E-state index in [0.29, 0.717) is 42.2 Å². The number of aromatic nitrogens is 4. The van der Waals surface area contributed by atoms with Gasteiger partial charge >= 0.3 is 0 Å². The average molecular weight is 478 g/mol. The number of hydrogen-bond acceptors (Lipinski definition) is 5. The highest BCUT2D eigenvalue weighted by atomic mass is 16.5. The normalized spacial score (nSPS) is 12.6. The lowest BCUT2D eigenvalue weighted by atomic mass is 9.87. The fraction of sp³-hybridized carbons (Fsp3) is 0.143. The first-order valence-electron chi connectivity index (χ1n) is 11.8. The zero-order chi connectivity index (χ0) is 24.5. The molecule has 0 atom stereocenters. The van der Waals surface area contributed by atoms with Crippen LogP contribution in [0.4, 0.5) is 0 Å². The molecule has 0 fully saturated rings. The SMILES string of the molecule is O=C(NCCn1ncc2c(=O)n(Cc3ccccc3)cnc21)C1c2ccccc2Oc2ccccc21. The number of hydrogen-bond donors (Lipinski definition) is 1. The predicted molar refractivity (Wildman–Crippen MR) is 135 cm³/mol. The van der Waals surface area contributed by atoms with Crippen LogP contribution in [0.2, 0.25) is 0 Å². The summed E-state index contributed by atoms with van der Waals surface area (Å²) in [5.74, 6) is 0.785. The highest BCUT2D eigenvalue weighted by Crippen LogP contribution is 2.43. The molecule has 3 heterocycles. The average Bonchev–Trinajstić information content (AvgIpc) is 3.33. The van der Waals surface area contributed by atoms with Crippen molar-refractivity contribution in [2.24, 2.45) is 0 Å². The van der Waals surface area contributed by atoms with Crippen LogP contribution in [-0.2, 0) is 17.9 Å². The van der Waals surface area contributed by atoms with E-state index in [4.69, 9.17) is 4.74 Å². The third-order valence-corrected chi connectivity index (χ3v) is 6.38. The first-order valence-corrected chi connectivity index (χ1v) is 11.8. The maximum absolute atomic E-state index is 13.3. The molecule has 2 aromatic heterocycles. The molecule has 1 aliphatic heterocycles. The standard InChI is InChI=1S/C28H23N5O3/c34-27(25-20-10-4-6-12-23(20)36-24-13-7-5-11-21(24)25)29-14-15-33-26-22(16-31-33)28(35)32(18-30-26)17-19-8-2-1-3-9-19/h1-13,16,18,25H,14-15,17H2,(H,29,34). The van der Waals surface area contributed by atoms with E-state index in [1.54, 1.807) is 21.8 Å². The van der Waals surface area contributed by atoms with Gasteiger partial charge in [-0.2, -0.15) is 5.10 Å². The van der Waals surface area contributed by atoms with Crippen molar-refractivity contribution < 1.29 is 9.53 Å². The lowest BCUT2D eigenvalue weighted by Crippen LogP contribution is -2.34. The molecular formula is C28H23N5O3. The number of amides is 1. The maximum atomic E-state index is 13.3. The smallest absolute Gasteiger partial charge is 0.264 e. The van der Waals surface area contributed by atoms with Crippen LogP contribution in [0.5, 0.6) is 11.5 Å². The van der Waals surface area contributed by atoms with Crippen molar-refractivity contribution in [1.29, 1.82) is 0 Å². The second-order valence-electron chi connectivity index (χ2n) is 8.67. The number of benzene rings is 3. The van der Waals surface area contributed by atoms with Crippen molar-refractivity contribution in [3.05, 3.63) is 118 Å². The number of nitrogens with one attached hydrogen (secondary N) is 1. The summed E-state index contributed by atoms with van der Waals surface area (Å²) >= 11 is 0. The van der Waals surface area contributed by atoms with Crippen molar-refractivity contribution in [2.45, 2.75) is 19.0 Å². The molecule has 1 aliphatic rings. The summed E-state index contributed by atoms with van der Waals surface area (Å²) in [4.78, 5) is 30.8. The molecule has 5 aromatic rings. The molecule has 3 aromatic carbocycles. The van der Waals surface area contributed by atoms with Crippen molar-refractivity contribution in [2.75, 3.05) is 6.54 Å². The summed E-state index contributed by atoms with van der Waals surface area (Å²) in [6.45, 7) is 1.17. The maximum Gasteiger partial charge on any atom is 0.264 e. The van der Waals surface area contributed by atoms with Gasteiger partial charge in [0.25, 0.3) is 5.56 Å². The number of nitrogens with zero attached hydrogens (tertiary/aromatic N) is 4. The van der Waals surface area contributed by atoms with Gasteiger partial charge in [-0.3, -0.25) is 14.2 Å². The van der Waals surface area contributed by atoms with Gasteiger partial charge in [-0.05, 0) is 17.7 Å². The van der Waals surface area contributed by atoms with E-state index in [9.17, 15) is 9.59 Å². The van der Waals surface area contributed by atoms with E-state index in [1.807, 2.05) is 78.9 Å².